The Balaban J connectivity index is 1.81. The van der Waals surface area contributed by atoms with Crippen molar-refractivity contribution in [3.63, 3.8) is 0 Å². The molecule has 1 aromatic heterocycles. The number of nitrogen functional groups attached to an aromatic ring is 1. The molecule has 0 unspecified atom stereocenters. The van der Waals surface area contributed by atoms with E-state index >= 15 is 0 Å². The zero-order valence-electron chi connectivity index (χ0n) is 11.3. The zero-order chi connectivity index (χ0) is 14.4. The second-order valence-corrected chi connectivity index (χ2v) is 5.71. The lowest BCUT2D eigenvalue weighted by atomic mass is 10.1. The molecule has 2 aliphatic rings. The Morgan fingerprint density at radius 2 is 1.90 bits per heavy atom. The molecule has 108 valence electrons. The van der Waals surface area contributed by atoms with Crippen LogP contribution >= 0.6 is 11.6 Å². The van der Waals surface area contributed by atoms with Crippen molar-refractivity contribution in [2.75, 3.05) is 18.9 Å². The third-order valence-corrected chi connectivity index (χ3v) is 3.90. The lowest BCUT2D eigenvalue weighted by Gasteiger charge is -2.20. The molecule has 1 aliphatic carbocycles. The van der Waals surface area contributed by atoms with E-state index in [9.17, 15) is 0 Å². The van der Waals surface area contributed by atoms with E-state index < -0.39 is 0 Å². The summed E-state index contributed by atoms with van der Waals surface area (Å²) in [4.78, 5) is 8.93. The van der Waals surface area contributed by atoms with Crippen molar-refractivity contribution in [1.82, 2.24) is 9.97 Å². The standard InChI is InChI=1S/C15H14ClN3O2/c16-10-5-9(6-12-14(10)21-4-3-20-12)15-18-11(8-1-2-8)7-13(17)19-15/h5-8H,1-4H2,(H2,17,18,19). The third kappa shape index (κ3) is 2.38. The van der Waals surface area contributed by atoms with E-state index in [1.807, 2.05) is 12.1 Å². The highest BCUT2D eigenvalue weighted by Gasteiger charge is 2.26. The molecule has 2 aromatic rings. The van der Waals surface area contributed by atoms with Crippen LogP contribution in [-0.2, 0) is 0 Å². The predicted octanol–water partition coefficient (Wildman–Crippen LogP) is 3.03. The highest BCUT2D eigenvalue weighted by molar-refractivity contribution is 6.32. The molecule has 5 nitrogen and oxygen atoms in total. The summed E-state index contributed by atoms with van der Waals surface area (Å²) in [5.41, 5.74) is 7.69. The van der Waals surface area contributed by atoms with Gasteiger partial charge in [0.25, 0.3) is 0 Å². The molecule has 4 rings (SSSR count). The molecule has 0 spiro atoms. The van der Waals surface area contributed by atoms with E-state index in [2.05, 4.69) is 9.97 Å². The molecule has 1 aromatic carbocycles. The summed E-state index contributed by atoms with van der Waals surface area (Å²) in [6.07, 6.45) is 2.33. The van der Waals surface area contributed by atoms with Crippen molar-refractivity contribution in [2.24, 2.45) is 0 Å². The molecule has 2 heterocycles. The van der Waals surface area contributed by atoms with Gasteiger partial charge in [0, 0.05) is 23.2 Å². The number of benzene rings is 1. The maximum absolute atomic E-state index is 6.26. The number of aromatic nitrogens is 2. The van der Waals surface area contributed by atoms with Crippen molar-refractivity contribution in [1.29, 1.82) is 0 Å². The number of ether oxygens (including phenoxy) is 2. The van der Waals surface area contributed by atoms with Crippen LogP contribution in [-0.4, -0.2) is 23.2 Å². The summed E-state index contributed by atoms with van der Waals surface area (Å²) in [5.74, 6) is 2.78. The molecule has 2 N–H and O–H groups in total. The maximum Gasteiger partial charge on any atom is 0.179 e. The van der Waals surface area contributed by atoms with Gasteiger partial charge in [-0.3, -0.25) is 0 Å². The topological polar surface area (TPSA) is 70.3 Å². The van der Waals surface area contributed by atoms with E-state index in [-0.39, 0.29) is 0 Å². The quantitative estimate of drug-likeness (QED) is 0.923. The monoisotopic (exact) mass is 303 g/mol. The summed E-state index contributed by atoms with van der Waals surface area (Å²) in [7, 11) is 0. The van der Waals surface area contributed by atoms with Gasteiger partial charge in [-0.25, -0.2) is 9.97 Å². The largest absolute Gasteiger partial charge is 0.486 e. The average molecular weight is 304 g/mol. The minimum atomic E-state index is 0.480. The fraction of sp³-hybridized carbons (Fsp3) is 0.333. The molecule has 1 fully saturated rings. The molecule has 0 bridgehead atoms. The number of anilines is 1. The molecule has 6 heteroatoms. The Morgan fingerprint density at radius 3 is 2.71 bits per heavy atom. The van der Waals surface area contributed by atoms with Gasteiger partial charge in [-0.2, -0.15) is 0 Å². The van der Waals surface area contributed by atoms with Crippen LogP contribution in [0.5, 0.6) is 11.5 Å². The summed E-state index contributed by atoms with van der Waals surface area (Å²) in [6.45, 7) is 1.02. The molecule has 0 atom stereocenters. The van der Waals surface area contributed by atoms with Crippen molar-refractivity contribution in [3.05, 3.63) is 28.9 Å². The second-order valence-electron chi connectivity index (χ2n) is 5.30. The Bertz CT molecular complexity index is 716. The molecule has 0 radical (unpaired) electrons. The van der Waals surface area contributed by atoms with Crippen LogP contribution in [0.3, 0.4) is 0 Å². The van der Waals surface area contributed by atoms with Crippen LogP contribution < -0.4 is 15.2 Å². The highest BCUT2D eigenvalue weighted by Crippen LogP contribution is 2.42. The fourth-order valence-electron chi connectivity index (χ4n) is 2.44. The molecular weight excluding hydrogens is 290 g/mol. The predicted molar refractivity (Wildman–Crippen MR) is 79.9 cm³/mol. The SMILES string of the molecule is Nc1cc(C2CC2)nc(-c2cc(Cl)c3c(c2)OCCO3)n1. The number of nitrogens with zero attached hydrogens (tertiary/aromatic N) is 2. The number of hydrogen-bond donors (Lipinski definition) is 1. The average Bonchev–Trinajstić information content (AvgIpc) is 3.31. The minimum absolute atomic E-state index is 0.480. The van der Waals surface area contributed by atoms with Gasteiger partial charge < -0.3 is 15.2 Å². The normalized spacial score (nSPS) is 16.8. The fourth-order valence-corrected chi connectivity index (χ4v) is 2.71. The van der Waals surface area contributed by atoms with Crippen LogP contribution in [0.4, 0.5) is 5.82 Å². The number of hydrogen-bond acceptors (Lipinski definition) is 5. The van der Waals surface area contributed by atoms with E-state index in [0.717, 1.165) is 24.1 Å². The lowest BCUT2D eigenvalue weighted by Crippen LogP contribution is -2.15. The van der Waals surface area contributed by atoms with Gasteiger partial charge in [-0.15, -0.1) is 0 Å². The molecule has 1 saturated carbocycles. The Kier molecular flexibility index (Phi) is 2.89. The summed E-state index contributed by atoms with van der Waals surface area (Å²) in [5, 5.41) is 0.501. The number of halogens is 1. The van der Waals surface area contributed by atoms with Gasteiger partial charge in [-0.1, -0.05) is 11.6 Å². The first kappa shape index (κ1) is 12.7. The zero-order valence-corrected chi connectivity index (χ0v) is 12.1. The van der Waals surface area contributed by atoms with Gasteiger partial charge in [0.2, 0.25) is 0 Å². The Morgan fingerprint density at radius 1 is 1.10 bits per heavy atom. The number of rotatable bonds is 2. The molecule has 0 amide bonds. The Labute approximate surface area is 127 Å². The van der Waals surface area contributed by atoms with Crippen LogP contribution in [0.25, 0.3) is 11.4 Å². The molecule has 0 saturated heterocycles. The smallest absolute Gasteiger partial charge is 0.179 e. The number of nitrogens with two attached hydrogens (primary N) is 1. The lowest BCUT2D eigenvalue weighted by molar-refractivity contribution is 0.172. The molecule has 1 aliphatic heterocycles. The van der Waals surface area contributed by atoms with Crippen molar-refractivity contribution in [2.45, 2.75) is 18.8 Å². The molecule has 21 heavy (non-hydrogen) atoms. The van der Waals surface area contributed by atoms with E-state index in [4.69, 9.17) is 26.8 Å². The van der Waals surface area contributed by atoms with Crippen molar-refractivity contribution in [3.8, 4) is 22.9 Å². The van der Waals surface area contributed by atoms with Crippen molar-refractivity contribution < 1.29 is 9.47 Å². The highest BCUT2D eigenvalue weighted by atomic mass is 35.5. The maximum atomic E-state index is 6.26. The minimum Gasteiger partial charge on any atom is -0.486 e. The van der Waals surface area contributed by atoms with Crippen molar-refractivity contribution >= 4 is 17.4 Å². The van der Waals surface area contributed by atoms with Crippen LogP contribution in [0.2, 0.25) is 5.02 Å². The molecular formula is C15H14ClN3O2. The van der Waals surface area contributed by atoms with Gasteiger partial charge in [0.15, 0.2) is 17.3 Å². The van der Waals surface area contributed by atoms with Gasteiger partial charge in [0.1, 0.15) is 19.0 Å². The Hall–Kier alpha value is -2.01. The summed E-state index contributed by atoms with van der Waals surface area (Å²) in [6, 6.07) is 5.49. The second kappa shape index (κ2) is 4.77. The van der Waals surface area contributed by atoms with Gasteiger partial charge in [-0.05, 0) is 25.0 Å². The first-order valence-corrected chi connectivity index (χ1v) is 7.32. The number of fused-ring (bicyclic) bond motifs is 1. The first-order valence-electron chi connectivity index (χ1n) is 6.94. The van der Waals surface area contributed by atoms with E-state index in [1.54, 1.807) is 6.07 Å². The van der Waals surface area contributed by atoms with E-state index in [0.29, 0.717) is 47.3 Å². The summed E-state index contributed by atoms with van der Waals surface area (Å²) >= 11 is 6.26. The van der Waals surface area contributed by atoms with Gasteiger partial charge in [0.05, 0.1) is 5.02 Å². The first-order chi connectivity index (χ1) is 10.2. The summed E-state index contributed by atoms with van der Waals surface area (Å²) < 4.78 is 11.1. The van der Waals surface area contributed by atoms with E-state index in [1.165, 1.54) is 0 Å². The van der Waals surface area contributed by atoms with Crippen LogP contribution in [0, 0.1) is 0 Å². The third-order valence-electron chi connectivity index (χ3n) is 3.62. The van der Waals surface area contributed by atoms with Crippen LogP contribution in [0.1, 0.15) is 24.5 Å². The van der Waals surface area contributed by atoms with Gasteiger partial charge >= 0.3 is 0 Å². The van der Waals surface area contributed by atoms with Crippen LogP contribution in [0.15, 0.2) is 18.2 Å².